The number of rotatable bonds is 3. The number of benzene rings is 2. The van der Waals surface area contributed by atoms with E-state index in [4.69, 9.17) is 4.74 Å². The SMILES string of the molecule is COc1ccc(-c2c(S(C)(=O)=O)ccc(I)c2C)c(F)c1. The second kappa shape index (κ2) is 5.92. The predicted molar refractivity (Wildman–Crippen MR) is 89.0 cm³/mol. The van der Waals surface area contributed by atoms with E-state index in [9.17, 15) is 12.8 Å². The molecule has 0 radical (unpaired) electrons. The molecule has 6 heteroatoms. The van der Waals surface area contributed by atoms with Crippen molar-refractivity contribution in [3.05, 3.63) is 45.3 Å². The van der Waals surface area contributed by atoms with E-state index in [1.807, 2.05) is 0 Å². The second-order valence-corrected chi connectivity index (χ2v) is 7.81. The molecule has 0 spiro atoms. The van der Waals surface area contributed by atoms with E-state index < -0.39 is 15.7 Å². The molecule has 3 nitrogen and oxygen atoms in total. The molecule has 0 N–H and O–H groups in total. The third-order valence-corrected chi connectivity index (χ3v) is 5.51. The first-order chi connectivity index (χ1) is 9.75. The third kappa shape index (κ3) is 3.21. The Balaban J connectivity index is 2.82. The number of sulfone groups is 1. The summed E-state index contributed by atoms with van der Waals surface area (Å²) in [6.45, 7) is 1.79. The number of hydrogen-bond donors (Lipinski definition) is 0. The Kier molecular flexibility index (Phi) is 4.57. The summed E-state index contributed by atoms with van der Waals surface area (Å²) in [7, 11) is -2.00. The minimum Gasteiger partial charge on any atom is -0.497 e. The van der Waals surface area contributed by atoms with Gasteiger partial charge in [0.1, 0.15) is 11.6 Å². The van der Waals surface area contributed by atoms with Gasteiger partial charge in [-0.2, -0.15) is 0 Å². The molecule has 0 bridgehead atoms. The molecule has 0 aromatic heterocycles. The quantitative estimate of drug-likeness (QED) is 0.710. The summed E-state index contributed by atoms with van der Waals surface area (Å²) in [5, 5.41) is 0. The van der Waals surface area contributed by atoms with Crippen molar-refractivity contribution < 1.29 is 17.5 Å². The molecule has 21 heavy (non-hydrogen) atoms. The van der Waals surface area contributed by atoms with Gasteiger partial charge in [-0.25, -0.2) is 12.8 Å². The Bertz CT molecular complexity index is 801. The smallest absolute Gasteiger partial charge is 0.176 e. The van der Waals surface area contributed by atoms with Crippen LogP contribution in [0.4, 0.5) is 4.39 Å². The highest BCUT2D eigenvalue weighted by molar-refractivity contribution is 14.1. The first-order valence-electron chi connectivity index (χ1n) is 6.08. The van der Waals surface area contributed by atoms with Gasteiger partial charge in [-0.3, -0.25) is 0 Å². The van der Waals surface area contributed by atoms with E-state index in [-0.39, 0.29) is 10.5 Å². The molecule has 0 aliphatic rings. The lowest BCUT2D eigenvalue weighted by Gasteiger charge is -2.14. The zero-order valence-electron chi connectivity index (χ0n) is 11.8. The van der Waals surface area contributed by atoms with Crippen molar-refractivity contribution in [2.75, 3.05) is 13.4 Å². The average molecular weight is 420 g/mol. The van der Waals surface area contributed by atoms with Crippen LogP contribution in [0.2, 0.25) is 0 Å². The zero-order chi connectivity index (χ0) is 15.8. The van der Waals surface area contributed by atoms with Gasteiger partial charge in [0.25, 0.3) is 0 Å². The lowest BCUT2D eigenvalue weighted by Crippen LogP contribution is -2.04. The van der Waals surface area contributed by atoms with Crippen LogP contribution < -0.4 is 4.74 Å². The van der Waals surface area contributed by atoms with E-state index in [2.05, 4.69) is 22.6 Å². The maximum Gasteiger partial charge on any atom is 0.176 e. The molecule has 0 aliphatic heterocycles. The minimum atomic E-state index is -3.45. The summed E-state index contributed by atoms with van der Waals surface area (Å²) in [6, 6.07) is 7.64. The highest BCUT2D eigenvalue weighted by Gasteiger charge is 2.20. The Morgan fingerprint density at radius 3 is 2.38 bits per heavy atom. The summed E-state index contributed by atoms with van der Waals surface area (Å²) in [5.41, 5.74) is 1.40. The lowest BCUT2D eigenvalue weighted by molar-refractivity contribution is 0.411. The third-order valence-electron chi connectivity index (χ3n) is 3.21. The number of methoxy groups -OCH3 is 1. The molecular weight excluding hydrogens is 406 g/mol. The van der Waals surface area contributed by atoms with Crippen LogP contribution in [0, 0.1) is 16.3 Å². The van der Waals surface area contributed by atoms with Crippen molar-refractivity contribution in [3.63, 3.8) is 0 Å². The Morgan fingerprint density at radius 1 is 1.19 bits per heavy atom. The van der Waals surface area contributed by atoms with Crippen LogP contribution >= 0.6 is 22.6 Å². The average Bonchev–Trinajstić information content (AvgIpc) is 2.40. The minimum absolute atomic E-state index is 0.129. The van der Waals surface area contributed by atoms with Gasteiger partial charge in [0.05, 0.1) is 12.0 Å². The normalized spacial score (nSPS) is 11.5. The fourth-order valence-corrected chi connectivity index (χ4v) is 3.53. The van der Waals surface area contributed by atoms with E-state index in [0.717, 1.165) is 15.4 Å². The van der Waals surface area contributed by atoms with Gasteiger partial charge < -0.3 is 4.74 Å². The molecule has 0 amide bonds. The molecule has 0 fully saturated rings. The van der Waals surface area contributed by atoms with E-state index in [1.54, 1.807) is 25.1 Å². The topological polar surface area (TPSA) is 43.4 Å². The number of halogens is 2. The van der Waals surface area contributed by atoms with Crippen LogP contribution in [-0.4, -0.2) is 21.8 Å². The lowest BCUT2D eigenvalue weighted by atomic mass is 10.00. The largest absolute Gasteiger partial charge is 0.497 e. The first-order valence-corrected chi connectivity index (χ1v) is 9.05. The Morgan fingerprint density at radius 2 is 1.86 bits per heavy atom. The van der Waals surface area contributed by atoms with Gasteiger partial charge in [-0.15, -0.1) is 0 Å². The van der Waals surface area contributed by atoms with Crippen molar-refractivity contribution in [2.45, 2.75) is 11.8 Å². The van der Waals surface area contributed by atoms with E-state index in [1.165, 1.54) is 19.2 Å². The number of hydrogen-bond acceptors (Lipinski definition) is 3. The van der Waals surface area contributed by atoms with Crippen molar-refractivity contribution in [1.82, 2.24) is 0 Å². The molecule has 0 unspecified atom stereocenters. The fourth-order valence-electron chi connectivity index (χ4n) is 2.13. The molecule has 0 atom stereocenters. The molecule has 2 aromatic carbocycles. The molecule has 0 aliphatic carbocycles. The first kappa shape index (κ1) is 16.2. The van der Waals surface area contributed by atoms with Crippen LogP contribution in [-0.2, 0) is 9.84 Å². The zero-order valence-corrected chi connectivity index (χ0v) is 14.7. The monoisotopic (exact) mass is 420 g/mol. The highest BCUT2D eigenvalue weighted by Crippen LogP contribution is 2.35. The molecule has 2 rings (SSSR count). The summed E-state index contributed by atoms with van der Waals surface area (Å²) >= 11 is 2.11. The van der Waals surface area contributed by atoms with E-state index >= 15 is 0 Å². The van der Waals surface area contributed by atoms with Crippen LogP contribution in [0.3, 0.4) is 0 Å². The molecular formula is C15H14FIO3S. The van der Waals surface area contributed by atoms with Crippen molar-refractivity contribution >= 4 is 32.4 Å². The fraction of sp³-hybridized carbons (Fsp3) is 0.200. The molecule has 2 aromatic rings. The van der Waals surface area contributed by atoms with Gasteiger partial charge >= 0.3 is 0 Å². The van der Waals surface area contributed by atoms with Crippen molar-refractivity contribution in [2.24, 2.45) is 0 Å². The summed E-state index contributed by atoms with van der Waals surface area (Å²) in [6.07, 6.45) is 1.12. The van der Waals surface area contributed by atoms with Gasteiger partial charge in [0.2, 0.25) is 0 Å². The van der Waals surface area contributed by atoms with Crippen LogP contribution in [0.15, 0.2) is 35.2 Å². The Hall–Kier alpha value is -1.15. The maximum absolute atomic E-state index is 14.3. The molecule has 0 heterocycles. The second-order valence-electron chi connectivity index (χ2n) is 4.66. The highest BCUT2D eigenvalue weighted by atomic mass is 127. The predicted octanol–water partition coefficient (Wildman–Crippen LogP) is 3.82. The van der Waals surface area contributed by atoms with E-state index in [0.29, 0.717) is 11.3 Å². The number of ether oxygens (including phenoxy) is 1. The van der Waals surface area contributed by atoms with Crippen LogP contribution in [0.25, 0.3) is 11.1 Å². The maximum atomic E-state index is 14.3. The van der Waals surface area contributed by atoms with Crippen molar-refractivity contribution in [1.29, 1.82) is 0 Å². The summed E-state index contributed by atoms with van der Waals surface area (Å²) in [5.74, 6) is -0.121. The van der Waals surface area contributed by atoms with Gasteiger partial charge in [-0.1, -0.05) is 0 Å². The van der Waals surface area contributed by atoms with Gasteiger partial charge in [0.15, 0.2) is 9.84 Å². The van der Waals surface area contributed by atoms with Gasteiger partial charge in [0, 0.05) is 27.0 Å². The van der Waals surface area contributed by atoms with Crippen molar-refractivity contribution in [3.8, 4) is 16.9 Å². The van der Waals surface area contributed by atoms with Crippen LogP contribution in [0.5, 0.6) is 5.75 Å². The standard InChI is InChI=1S/C15H14FIO3S/c1-9-13(17)6-7-14(21(3,18)19)15(9)11-5-4-10(20-2)8-12(11)16/h4-8H,1-3H3. The van der Waals surface area contributed by atoms with Gasteiger partial charge in [-0.05, 0) is 59.3 Å². The molecule has 0 saturated heterocycles. The Labute approximate surface area is 137 Å². The summed E-state index contributed by atoms with van der Waals surface area (Å²) in [4.78, 5) is 0.129. The summed E-state index contributed by atoms with van der Waals surface area (Å²) < 4.78 is 44.1. The molecule has 112 valence electrons. The molecule has 0 saturated carbocycles. The van der Waals surface area contributed by atoms with Crippen LogP contribution in [0.1, 0.15) is 5.56 Å².